The van der Waals surface area contributed by atoms with Crippen LogP contribution in [0.1, 0.15) is 20.3 Å². The molecule has 1 heterocycles. The number of aromatic nitrogens is 1. The van der Waals surface area contributed by atoms with Crippen molar-refractivity contribution in [2.45, 2.75) is 20.3 Å². The number of nitrogens with one attached hydrogen (secondary N) is 2. The predicted octanol–water partition coefficient (Wildman–Crippen LogP) is 3.66. The number of hydrogen-bond acceptors (Lipinski definition) is 4. The summed E-state index contributed by atoms with van der Waals surface area (Å²) in [5.74, 6) is 1.30. The molecule has 102 valence electrons. The molecule has 0 amide bonds. The first-order chi connectivity index (χ1) is 8.69. The molecule has 0 saturated carbocycles. The molecule has 0 aliphatic heterocycles. The molecule has 0 saturated heterocycles. The first kappa shape index (κ1) is 15.3. The van der Waals surface area contributed by atoms with Gasteiger partial charge in [-0.2, -0.15) is 0 Å². The third kappa shape index (κ3) is 4.88. The van der Waals surface area contributed by atoms with Crippen molar-refractivity contribution in [1.82, 2.24) is 4.98 Å². The second-order valence-electron chi connectivity index (χ2n) is 3.66. The van der Waals surface area contributed by atoms with E-state index in [-0.39, 0.29) is 0 Å². The monoisotopic (exact) mass is 291 g/mol. The standard InChI is InChI=1S/C12H19Cl2N3O/c1-3-15-11-9(13)8-10(14)12(17-11)16-6-5-7-18-4-2/h8H,3-7H2,1-2H3,(H2,15,16,17). The van der Waals surface area contributed by atoms with Crippen LogP contribution in [0.25, 0.3) is 0 Å². The number of rotatable bonds is 8. The average molecular weight is 292 g/mol. The minimum Gasteiger partial charge on any atom is -0.382 e. The van der Waals surface area contributed by atoms with Crippen LogP contribution in [0.15, 0.2) is 6.07 Å². The fourth-order valence-corrected chi connectivity index (χ4v) is 1.90. The number of ether oxygens (including phenoxy) is 1. The molecule has 4 nitrogen and oxygen atoms in total. The Morgan fingerprint density at radius 1 is 1.17 bits per heavy atom. The summed E-state index contributed by atoms with van der Waals surface area (Å²) in [7, 11) is 0. The van der Waals surface area contributed by atoms with Gasteiger partial charge in [-0.05, 0) is 26.3 Å². The SMILES string of the molecule is CCNc1nc(NCCCOCC)c(Cl)cc1Cl. The van der Waals surface area contributed by atoms with Crippen LogP contribution < -0.4 is 10.6 Å². The van der Waals surface area contributed by atoms with Gasteiger partial charge in [-0.25, -0.2) is 4.98 Å². The molecule has 1 rings (SSSR count). The van der Waals surface area contributed by atoms with Gasteiger partial charge in [0.05, 0.1) is 10.0 Å². The molecule has 0 unspecified atom stereocenters. The summed E-state index contributed by atoms with van der Waals surface area (Å²) in [4.78, 5) is 4.35. The molecule has 6 heteroatoms. The van der Waals surface area contributed by atoms with Crippen LogP contribution in [0.3, 0.4) is 0 Å². The van der Waals surface area contributed by atoms with Crippen LogP contribution >= 0.6 is 23.2 Å². The number of halogens is 2. The lowest BCUT2D eigenvalue weighted by Gasteiger charge is -2.11. The summed E-state index contributed by atoms with van der Waals surface area (Å²) in [5, 5.41) is 7.32. The van der Waals surface area contributed by atoms with Gasteiger partial charge >= 0.3 is 0 Å². The summed E-state index contributed by atoms with van der Waals surface area (Å²) in [6, 6.07) is 1.69. The predicted molar refractivity (Wildman–Crippen MR) is 78.0 cm³/mol. The molecule has 2 N–H and O–H groups in total. The van der Waals surface area contributed by atoms with Crippen LogP contribution in [0.5, 0.6) is 0 Å². The lowest BCUT2D eigenvalue weighted by molar-refractivity contribution is 0.147. The van der Waals surface area contributed by atoms with Crippen molar-refractivity contribution in [2.24, 2.45) is 0 Å². The van der Waals surface area contributed by atoms with E-state index in [9.17, 15) is 0 Å². The lowest BCUT2D eigenvalue weighted by atomic mass is 10.4. The third-order valence-corrected chi connectivity index (χ3v) is 2.81. The molecule has 0 aromatic carbocycles. The zero-order valence-corrected chi connectivity index (χ0v) is 12.2. The number of pyridine rings is 1. The summed E-state index contributed by atoms with van der Waals surface area (Å²) in [5.41, 5.74) is 0. The Kier molecular flexibility index (Phi) is 7.16. The Hall–Kier alpha value is -0.710. The summed E-state index contributed by atoms with van der Waals surface area (Å²) >= 11 is 12.1. The summed E-state index contributed by atoms with van der Waals surface area (Å²) in [6.07, 6.45) is 0.908. The topological polar surface area (TPSA) is 46.2 Å². The van der Waals surface area contributed by atoms with Gasteiger partial charge in [-0.3, -0.25) is 0 Å². The lowest BCUT2D eigenvalue weighted by Crippen LogP contribution is -2.09. The van der Waals surface area contributed by atoms with Gasteiger partial charge in [0, 0.05) is 26.3 Å². The number of anilines is 2. The molecular formula is C12H19Cl2N3O. The Bertz CT molecular complexity index is 375. The van der Waals surface area contributed by atoms with Crippen molar-refractivity contribution in [1.29, 1.82) is 0 Å². The highest BCUT2D eigenvalue weighted by molar-refractivity contribution is 6.37. The second kappa shape index (κ2) is 8.40. The molecule has 0 aliphatic carbocycles. The zero-order valence-electron chi connectivity index (χ0n) is 10.7. The minimum atomic E-state index is 0.526. The molecular weight excluding hydrogens is 273 g/mol. The van der Waals surface area contributed by atoms with Crippen molar-refractivity contribution in [2.75, 3.05) is 36.9 Å². The molecule has 0 radical (unpaired) electrons. The molecule has 1 aromatic heterocycles. The Balaban J connectivity index is 2.56. The van der Waals surface area contributed by atoms with Crippen LogP contribution in [0, 0.1) is 0 Å². The maximum absolute atomic E-state index is 6.07. The summed E-state index contributed by atoms with van der Waals surface area (Å²) < 4.78 is 5.26. The third-order valence-electron chi connectivity index (χ3n) is 2.24. The van der Waals surface area contributed by atoms with Crippen molar-refractivity contribution in [3.05, 3.63) is 16.1 Å². The first-order valence-electron chi connectivity index (χ1n) is 6.10. The van der Waals surface area contributed by atoms with Gasteiger partial charge in [0.2, 0.25) is 0 Å². The van der Waals surface area contributed by atoms with Crippen molar-refractivity contribution in [3.63, 3.8) is 0 Å². The molecule has 0 aliphatic rings. The van der Waals surface area contributed by atoms with Crippen LogP contribution in [-0.2, 0) is 4.74 Å². The van der Waals surface area contributed by atoms with Gasteiger partial charge in [0.15, 0.2) is 0 Å². The maximum Gasteiger partial charge on any atom is 0.147 e. The fraction of sp³-hybridized carbons (Fsp3) is 0.583. The Labute approximate surface area is 118 Å². The zero-order chi connectivity index (χ0) is 13.4. The Morgan fingerprint density at radius 2 is 1.83 bits per heavy atom. The molecule has 0 spiro atoms. The van der Waals surface area contributed by atoms with E-state index in [1.165, 1.54) is 0 Å². The second-order valence-corrected chi connectivity index (χ2v) is 4.47. The van der Waals surface area contributed by atoms with Gasteiger partial charge in [-0.15, -0.1) is 0 Å². The minimum absolute atomic E-state index is 0.526. The molecule has 0 fully saturated rings. The normalized spacial score (nSPS) is 10.4. The van der Waals surface area contributed by atoms with Crippen LogP contribution in [-0.4, -0.2) is 31.3 Å². The molecule has 0 bridgehead atoms. The quantitative estimate of drug-likeness (QED) is 0.718. The van der Waals surface area contributed by atoms with Crippen molar-refractivity contribution >= 4 is 34.8 Å². The van der Waals surface area contributed by atoms with E-state index in [0.717, 1.165) is 32.7 Å². The Morgan fingerprint density at radius 3 is 2.44 bits per heavy atom. The van der Waals surface area contributed by atoms with E-state index in [1.54, 1.807) is 6.07 Å². The van der Waals surface area contributed by atoms with E-state index < -0.39 is 0 Å². The van der Waals surface area contributed by atoms with Crippen molar-refractivity contribution in [3.8, 4) is 0 Å². The van der Waals surface area contributed by atoms with E-state index in [2.05, 4.69) is 15.6 Å². The van der Waals surface area contributed by atoms with Crippen LogP contribution in [0.2, 0.25) is 10.0 Å². The van der Waals surface area contributed by atoms with E-state index in [0.29, 0.717) is 21.7 Å². The average Bonchev–Trinajstić information content (AvgIpc) is 2.34. The van der Waals surface area contributed by atoms with Gasteiger partial charge < -0.3 is 15.4 Å². The van der Waals surface area contributed by atoms with Gasteiger partial charge in [-0.1, -0.05) is 23.2 Å². The number of nitrogens with zero attached hydrogens (tertiary/aromatic N) is 1. The van der Waals surface area contributed by atoms with E-state index in [4.69, 9.17) is 27.9 Å². The first-order valence-corrected chi connectivity index (χ1v) is 6.86. The number of hydrogen-bond donors (Lipinski definition) is 2. The van der Waals surface area contributed by atoms with Crippen LogP contribution in [0.4, 0.5) is 11.6 Å². The fourth-order valence-electron chi connectivity index (χ4n) is 1.41. The smallest absolute Gasteiger partial charge is 0.147 e. The van der Waals surface area contributed by atoms with Gasteiger partial charge in [0.1, 0.15) is 11.6 Å². The van der Waals surface area contributed by atoms with E-state index >= 15 is 0 Å². The van der Waals surface area contributed by atoms with Gasteiger partial charge in [0.25, 0.3) is 0 Å². The molecule has 18 heavy (non-hydrogen) atoms. The molecule has 1 aromatic rings. The summed E-state index contributed by atoms with van der Waals surface area (Å²) in [6.45, 7) is 6.97. The highest BCUT2D eigenvalue weighted by Gasteiger charge is 2.08. The van der Waals surface area contributed by atoms with E-state index in [1.807, 2.05) is 13.8 Å². The largest absolute Gasteiger partial charge is 0.382 e. The van der Waals surface area contributed by atoms with Crippen molar-refractivity contribution < 1.29 is 4.74 Å². The highest BCUT2D eigenvalue weighted by atomic mass is 35.5. The molecule has 0 atom stereocenters. The highest BCUT2D eigenvalue weighted by Crippen LogP contribution is 2.28. The maximum atomic E-state index is 6.07.